The summed E-state index contributed by atoms with van der Waals surface area (Å²) in [6.07, 6.45) is 2.21. The first-order valence-electron chi connectivity index (χ1n) is 6.29. The highest BCUT2D eigenvalue weighted by atomic mass is 32.2. The first kappa shape index (κ1) is 16.4. The summed E-state index contributed by atoms with van der Waals surface area (Å²) in [6.45, 7) is 3.17. The molecule has 0 fully saturated rings. The smallest absolute Gasteiger partial charge is 0.324 e. The second-order valence-corrected chi connectivity index (χ2v) is 6.31. The molecule has 0 aliphatic heterocycles. The molecule has 5 nitrogen and oxygen atoms in total. The summed E-state index contributed by atoms with van der Waals surface area (Å²) in [5, 5.41) is 10.1. The summed E-state index contributed by atoms with van der Waals surface area (Å²) in [4.78, 5) is 11.2. The molecule has 0 heterocycles. The van der Waals surface area contributed by atoms with E-state index in [1.165, 1.54) is 13.0 Å². The first-order chi connectivity index (χ1) is 9.29. The number of hydrogen-bond donors (Lipinski definition) is 2. The van der Waals surface area contributed by atoms with Crippen LogP contribution in [-0.4, -0.2) is 25.0 Å². The second-order valence-electron chi connectivity index (χ2n) is 4.75. The zero-order valence-electron chi connectivity index (χ0n) is 11.5. The number of carboxylic acids is 1. The van der Waals surface area contributed by atoms with Gasteiger partial charge in [-0.1, -0.05) is 43.7 Å². The Morgan fingerprint density at radius 1 is 1.35 bits per heavy atom. The van der Waals surface area contributed by atoms with E-state index in [0.29, 0.717) is 6.42 Å². The van der Waals surface area contributed by atoms with Crippen LogP contribution in [0.5, 0.6) is 0 Å². The molecule has 1 aromatic carbocycles. The molecular formula is C14H19NO4S. The fraction of sp³-hybridized carbons (Fsp3) is 0.357. The van der Waals surface area contributed by atoms with E-state index in [0.717, 1.165) is 11.0 Å². The van der Waals surface area contributed by atoms with Crippen LogP contribution in [-0.2, 0) is 14.8 Å². The number of carbonyl (C=O) groups is 1. The Hall–Kier alpha value is -1.66. The van der Waals surface area contributed by atoms with Crippen LogP contribution in [0, 0.1) is 0 Å². The number of rotatable bonds is 7. The van der Waals surface area contributed by atoms with Gasteiger partial charge in [0, 0.05) is 5.41 Å². The maximum Gasteiger partial charge on any atom is 0.324 e. The van der Waals surface area contributed by atoms with Crippen LogP contribution in [0.3, 0.4) is 0 Å². The van der Waals surface area contributed by atoms with E-state index in [-0.39, 0.29) is 6.42 Å². The molecule has 0 bridgehead atoms. The van der Waals surface area contributed by atoms with Crippen molar-refractivity contribution in [3.05, 3.63) is 41.3 Å². The summed E-state index contributed by atoms with van der Waals surface area (Å²) in [6, 6.07) is 8.92. The van der Waals surface area contributed by atoms with Crippen LogP contribution in [0.2, 0.25) is 0 Å². The van der Waals surface area contributed by atoms with Crippen LogP contribution in [0.4, 0.5) is 0 Å². The second kappa shape index (κ2) is 6.67. The molecule has 20 heavy (non-hydrogen) atoms. The Kier molecular flexibility index (Phi) is 5.47. The van der Waals surface area contributed by atoms with Gasteiger partial charge in [0.2, 0.25) is 10.0 Å². The van der Waals surface area contributed by atoms with E-state index in [1.54, 1.807) is 31.2 Å². The molecule has 6 heteroatoms. The van der Waals surface area contributed by atoms with Gasteiger partial charge < -0.3 is 5.11 Å². The molecule has 0 radical (unpaired) electrons. The Morgan fingerprint density at radius 3 is 2.45 bits per heavy atom. The van der Waals surface area contributed by atoms with E-state index in [2.05, 4.69) is 4.72 Å². The minimum absolute atomic E-state index is 0.223. The third kappa shape index (κ3) is 4.79. The predicted molar refractivity (Wildman–Crippen MR) is 78.5 cm³/mol. The number of aliphatic carboxylic acids is 1. The summed E-state index contributed by atoms with van der Waals surface area (Å²) >= 11 is 0. The highest BCUT2D eigenvalue weighted by Gasteiger charge is 2.35. The monoisotopic (exact) mass is 297 g/mol. The van der Waals surface area contributed by atoms with Gasteiger partial charge in [-0.05, 0) is 25.0 Å². The lowest BCUT2D eigenvalue weighted by Gasteiger charge is -2.24. The van der Waals surface area contributed by atoms with Crippen molar-refractivity contribution in [1.82, 2.24) is 4.72 Å². The van der Waals surface area contributed by atoms with Crippen molar-refractivity contribution >= 4 is 22.1 Å². The molecule has 0 amide bonds. The number of benzene rings is 1. The fourth-order valence-electron chi connectivity index (χ4n) is 1.78. The average Bonchev–Trinajstić information content (AvgIpc) is 2.37. The molecule has 0 aromatic heterocycles. The molecule has 0 saturated heterocycles. The molecular weight excluding hydrogens is 278 g/mol. The largest absolute Gasteiger partial charge is 0.480 e. The number of carboxylic acid groups (broad SMARTS) is 1. The zero-order valence-corrected chi connectivity index (χ0v) is 12.4. The molecule has 1 rings (SSSR count). The highest BCUT2D eigenvalue weighted by Crippen LogP contribution is 2.15. The van der Waals surface area contributed by atoms with Crippen molar-refractivity contribution < 1.29 is 18.3 Å². The summed E-state index contributed by atoms with van der Waals surface area (Å²) in [5.41, 5.74) is -0.764. The van der Waals surface area contributed by atoms with Crippen molar-refractivity contribution in [2.45, 2.75) is 32.2 Å². The number of hydrogen-bond acceptors (Lipinski definition) is 3. The van der Waals surface area contributed by atoms with E-state index < -0.39 is 21.5 Å². The topological polar surface area (TPSA) is 83.5 Å². The lowest BCUT2D eigenvalue weighted by Crippen LogP contribution is -2.51. The maximum absolute atomic E-state index is 11.9. The van der Waals surface area contributed by atoms with Gasteiger partial charge in [0.25, 0.3) is 0 Å². The van der Waals surface area contributed by atoms with Gasteiger partial charge in [0.15, 0.2) is 0 Å². The van der Waals surface area contributed by atoms with E-state index in [9.17, 15) is 13.2 Å². The first-order valence-corrected chi connectivity index (χ1v) is 7.84. The van der Waals surface area contributed by atoms with E-state index in [4.69, 9.17) is 5.11 Å². The predicted octanol–water partition coefficient (Wildman–Crippen LogP) is 2.22. The van der Waals surface area contributed by atoms with Gasteiger partial charge in [-0.3, -0.25) is 4.79 Å². The molecule has 1 atom stereocenters. The minimum Gasteiger partial charge on any atom is -0.480 e. The number of sulfonamides is 1. The van der Waals surface area contributed by atoms with Gasteiger partial charge in [-0.2, -0.15) is 4.72 Å². The van der Waals surface area contributed by atoms with E-state index >= 15 is 0 Å². The molecule has 110 valence electrons. The lowest BCUT2D eigenvalue weighted by atomic mass is 9.98. The maximum atomic E-state index is 11.9. The van der Waals surface area contributed by atoms with Crippen LogP contribution in [0.25, 0.3) is 6.08 Å². The van der Waals surface area contributed by atoms with E-state index in [1.807, 2.05) is 6.07 Å². The highest BCUT2D eigenvalue weighted by molar-refractivity contribution is 7.92. The summed E-state index contributed by atoms with van der Waals surface area (Å²) in [5.74, 6) is -1.18. The molecule has 1 unspecified atom stereocenters. The van der Waals surface area contributed by atoms with Gasteiger partial charge >= 0.3 is 5.97 Å². The average molecular weight is 297 g/mol. The molecule has 1 aromatic rings. The van der Waals surface area contributed by atoms with Crippen LogP contribution >= 0.6 is 0 Å². The molecule has 0 saturated carbocycles. The van der Waals surface area contributed by atoms with Crippen molar-refractivity contribution in [2.24, 2.45) is 0 Å². The van der Waals surface area contributed by atoms with Crippen molar-refractivity contribution in [3.8, 4) is 0 Å². The Morgan fingerprint density at radius 2 is 1.95 bits per heavy atom. The minimum atomic E-state index is -3.82. The van der Waals surface area contributed by atoms with Crippen LogP contribution in [0.15, 0.2) is 35.7 Å². The summed E-state index contributed by atoms with van der Waals surface area (Å²) in [7, 11) is -3.82. The number of nitrogens with one attached hydrogen (secondary N) is 1. The standard InChI is InChI=1S/C14H19NO4S/c1-3-10-14(2,13(16)17)15-20(18,19)11-9-12-7-5-4-6-8-12/h4-9,11,15H,3,10H2,1-2H3,(H,16,17)/b11-9+. The van der Waals surface area contributed by atoms with Crippen molar-refractivity contribution in [3.63, 3.8) is 0 Å². The van der Waals surface area contributed by atoms with Crippen LogP contribution < -0.4 is 4.72 Å². The molecule has 2 N–H and O–H groups in total. The van der Waals surface area contributed by atoms with Gasteiger partial charge in [-0.25, -0.2) is 8.42 Å². The normalized spacial score (nSPS) is 15.1. The Labute approximate surface area is 119 Å². The zero-order chi connectivity index (χ0) is 15.2. The quantitative estimate of drug-likeness (QED) is 0.808. The molecule has 0 aliphatic rings. The molecule has 0 aliphatic carbocycles. The Bertz CT molecular complexity index is 580. The van der Waals surface area contributed by atoms with Crippen LogP contribution in [0.1, 0.15) is 32.3 Å². The van der Waals surface area contributed by atoms with Crippen molar-refractivity contribution in [1.29, 1.82) is 0 Å². The van der Waals surface area contributed by atoms with Crippen molar-refractivity contribution in [2.75, 3.05) is 0 Å². The fourth-order valence-corrected chi connectivity index (χ4v) is 3.00. The lowest BCUT2D eigenvalue weighted by molar-refractivity contribution is -0.143. The van der Waals surface area contributed by atoms with Gasteiger partial charge in [0.05, 0.1) is 0 Å². The summed E-state index contributed by atoms with van der Waals surface area (Å²) < 4.78 is 26.1. The third-order valence-electron chi connectivity index (χ3n) is 2.83. The van der Waals surface area contributed by atoms with Gasteiger partial charge in [-0.15, -0.1) is 0 Å². The SMILES string of the molecule is CCCC(C)(NS(=O)(=O)/C=C/c1ccccc1)C(=O)O. The van der Waals surface area contributed by atoms with Gasteiger partial charge in [0.1, 0.15) is 5.54 Å². The Balaban J connectivity index is 2.89. The third-order valence-corrected chi connectivity index (χ3v) is 4.06. The molecule has 0 spiro atoms.